The molecular formula is C5H9O2TlV-. The molecule has 0 rings (SSSR count). The average molecular weight is 356 g/mol. The minimum atomic E-state index is -0.0833. The summed E-state index contributed by atoms with van der Waals surface area (Å²) in [5.74, 6) is 0. The number of unbranched alkanes of at least 4 members (excludes halogenated alkanes) is 2. The molecule has 0 amide bonds. The van der Waals surface area contributed by atoms with Gasteiger partial charge in [0.05, 0.1) is 0 Å². The van der Waals surface area contributed by atoms with E-state index in [1.807, 2.05) is 0 Å². The first-order valence-electron chi connectivity index (χ1n) is 2.38. The molecule has 0 aliphatic rings. The van der Waals surface area contributed by atoms with Gasteiger partial charge in [-0.15, -0.1) is 0 Å². The summed E-state index contributed by atoms with van der Waals surface area (Å²) in [5.41, 5.74) is 0. The van der Waals surface area contributed by atoms with E-state index in [0.29, 0.717) is 6.42 Å². The van der Waals surface area contributed by atoms with E-state index >= 15 is 0 Å². The molecule has 0 aliphatic heterocycles. The molecule has 0 saturated heterocycles. The molecule has 0 aromatic carbocycles. The van der Waals surface area contributed by atoms with E-state index in [0.717, 1.165) is 19.1 Å². The Labute approximate surface area is 83.8 Å². The second-order valence-corrected chi connectivity index (χ2v) is 1.16. The fourth-order valence-corrected chi connectivity index (χ4v) is 0.228. The molecule has 0 unspecified atom stereocenters. The van der Waals surface area contributed by atoms with Crippen molar-refractivity contribution in [3.05, 3.63) is 6.92 Å². The first kappa shape index (κ1) is 16.5. The van der Waals surface area contributed by atoms with E-state index in [1.165, 1.54) is 0 Å². The van der Waals surface area contributed by atoms with Crippen LogP contribution < -0.4 is 0 Å². The van der Waals surface area contributed by atoms with Crippen LogP contribution in [0.15, 0.2) is 0 Å². The molecule has 2 nitrogen and oxygen atoms in total. The molecule has 0 N–H and O–H groups in total. The van der Waals surface area contributed by atoms with Crippen LogP contribution in [0.4, 0.5) is 0 Å². The van der Waals surface area contributed by atoms with Gasteiger partial charge in [0.2, 0.25) is 0 Å². The summed E-state index contributed by atoms with van der Waals surface area (Å²) in [5, 5.41) is 0. The zero-order chi connectivity index (χ0) is 6.83. The third kappa shape index (κ3) is 27.6. The second-order valence-electron chi connectivity index (χ2n) is 1.16. The van der Waals surface area contributed by atoms with Gasteiger partial charge >= 0.3 is 28.5 Å². The normalized spacial score (nSPS) is 6.11. The summed E-state index contributed by atoms with van der Waals surface area (Å²) in [7, 11) is 0. The van der Waals surface area contributed by atoms with E-state index in [2.05, 4.69) is 6.92 Å². The SMILES string of the molecule is [CH2-]CCCC=O.[O]=[Tl].[V]. The number of aldehydes is 1. The summed E-state index contributed by atoms with van der Waals surface area (Å²) < 4.78 is 8.42. The maximum atomic E-state index is 9.54. The molecule has 4 heteroatoms. The van der Waals surface area contributed by atoms with Crippen LogP contribution in [0, 0.1) is 6.92 Å². The molecule has 0 atom stereocenters. The molecule has 0 bridgehead atoms. The number of hydrogen-bond acceptors (Lipinski definition) is 2. The van der Waals surface area contributed by atoms with Gasteiger partial charge < -0.3 is 11.7 Å². The summed E-state index contributed by atoms with van der Waals surface area (Å²) in [4.78, 5) is 9.54. The number of rotatable bonds is 3. The molecule has 0 aliphatic carbocycles. The smallest absolute Gasteiger partial charge is 0 e. The summed E-state index contributed by atoms with van der Waals surface area (Å²) in [6, 6.07) is 0. The van der Waals surface area contributed by atoms with Gasteiger partial charge in [-0.1, -0.05) is 6.42 Å². The van der Waals surface area contributed by atoms with Crippen LogP contribution in [0.3, 0.4) is 0 Å². The molecule has 0 aromatic heterocycles. The number of carbonyl (C=O) groups is 1. The van der Waals surface area contributed by atoms with Crippen molar-refractivity contribution in [1.29, 1.82) is 0 Å². The molecule has 0 aromatic rings. The standard InChI is InChI=1S/C5H9O.O.Tl.V/c1-2-3-4-5-6;;;/h5H,1-4H2;;;/q-1;;;. The van der Waals surface area contributed by atoms with Crippen molar-refractivity contribution in [3.8, 4) is 0 Å². The van der Waals surface area contributed by atoms with E-state index < -0.39 is 0 Å². The van der Waals surface area contributed by atoms with Crippen molar-refractivity contribution in [1.82, 2.24) is 0 Å². The molecule has 9 heavy (non-hydrogen) atoms. The number of hydrogen-bond donors (Lipinski definition) is 0. The molecular weight excluding hydrogens is 347 g/mol. The van der Waals surface area contributed by atoms with Gasteiger partial charge in [-0.05, 0) is 0 Å². The third-order valence-electron chi connectivity index (χ3n) is 0.572. The Morgan fingerprint density at radius 2 is 1.89 bits per heavy atom. The van der Waals surface area contributed by atoms with Crippen LogP contribution in [0.25, 0.3) is 0 Å². The second kappa shape index (κ2) is 23.1. The van der Waals surface area contributed by atoms with Crippen LogP contribution in [-0.2, 0) is 26.0 Å². The van der Waals surface area contributed by atoms with E-state index in [9.17, 15) is 4.79 Å². The van der Waals surface area contributed by atoms with Gasteiger partial charge in [-0.3, -0.25) is 0 Å². The van der Waals surface area contributed by atoms with Crippen molar-refractivity contribution in [2.75, 3.05) is 0 Å². The fourth-order valence-electron chi connectivity index (χ4n) is 0.228. The minimum Gasteiger partial charge on any atom is 0 e. The summed E-state index contributed by atoms with van der Waals surface area (Å²) in [6.07, 6.45) is 3.40. The Balaban J connectivity index is -0.000000109. The van der Waals surface area contributed by atoms with Gasteiger partial charge in [0.1, 0.15) is 6.29 Å². The monoisotopic (exact) mass is 357 g/mol. The average Bonchev–Trinajstić information content (AvgIpc) is 1.88. The maximum absolute atomic E-state index is 9.54. The van der Waals surface area contributed by atoms with Crippen molar-refractivity contribution in [2.45, 2.75) is 19.3 Å². The predicted molar refractivity (Wildman–Crippen MR) is 31.7 cm³/mol. The van der Waals surface area contributed by atoms with Crippen LogP contribution in [0.1, 0.15) is 19.3 Å². The summed E-state index contributed by atoms with van der Waals surface area (Å²) in [6.45, 7) is 3.56. The Morgan fingerprint density at radius 1 is 1.44 bits per heavy atom. The van der Waals surface area contributed by atoms with Crippen molar-refractivity contribution in [3.63, 3.8) is 0 Å². The van der Waals surface area contributed by atoms with Gasteiger partial charge in [0.15, 0.2) is 0 Å². The Morgan fingerprint density at radius 3 is 2.00 bits per heavy atom. The van der Waals surface area contributed by atoms with Crippen molar-refractivity contribution in [2.24, 2.45) is 0 Å². The predicted octanol–water partition coefficient (Wildman–Crippen LogP) is 0.688. The largest absolute Gasteiger partial charge is 0 e. The molecule has 0 heterocycles. The zero-order valence-corrected chi connectivity index (χ0v) is 11.1. The van der Waals surface area contributed by atoms with Gasteiger partial charge in [0, 0.05) is 25.0 Å². The molecule has 1 radical (unpaired) electrons. The third-order valence-corrected chi connectivity index (χ3v) is 0.572. The fraction of sp³-hybridized carbons (Fsp3) is 0.600. The Bertz CT molecular complexity index is 52.2. The van der Waals surface area contributed by atoms with Crippen LogP contribution >= 0.6 is 0 Å². The zero-order valence-electron chi connectivity index (χ0n) is 5.25. The molecule has 0 spiro atoms. The van der Waals surface area contributed by atoms with Crippen LogP contribution in [-0.4, -0.2) is 32.1 Å². The molecule has 50 valence electrons. The number of carbonyl (C=O) groups excluding carboxylic acids is 1. The molecule has 0 fully saturated rings. The van der Waals surface area contributed by atoms with E-state index in [4.69, 9.17) is 2.69 Å². The van der Waals surface area contributed by atoms with Crippen LogP contribution in [0.5, 0.6) is 0 Å². The van der Waals surface area contributed by atoms with Crippen LogP contribution in [0.2, 0.25) is 0 Å². The Kier molecular flexibility index (Phi) is 42.3. The van der Waals surface area contributed by atoms with Crippen molar-refractivity contribution < 1.29 is 26.0 Å². The van der Waals surface area contributed by atoms with Gasteiger partial charge in [-0.2, -0.15) is 6.42 Å². The topological polar surface area (TPSA) is 34.1 Å². The van der Waals surface area contributed by atoms with Gasteiger partial charge in [0.25, 0.3) is 0 Å². The minimum absolute atomic E-state index is 0. The van der Waals surface area contributed by atoms with E-state index in [-0.39, 0.29) is 44.3 Å². The quantitative estimate of drug-likeness (QED) is 0.323. The van der Waals surface area contributed by atoms with E-state index in [1.54, 1.807) is 0 Å². The first-order valence-corrected chi connectivity index (χ1v) is 4.21. The maximum Gasteiger partial charge on any atom is 0 e. The Hall–Kier alpha value is 0.976. The molecule has 0 saturated carbocycles. The van der Waals surface area contributed by atoms with Gasteiger partial charge in [-0.25, -0.2) is 0 Å². The van der Waals surface area contributed by atoms with Crippen molar-refractivity contribution >= 4 is 32.1 Å². The first-order chi connectivity index (χ1) is 3.91. The summed E-state index contributed by atoms with van der Waals surface area (Å²) >= 11 is -0.0833.